The van der Waals surface area contributed by atoms with E-state index in [9.17, 15) is 4.79 Å². The highest BCUT2D eigenvalue weighted by Crippen LogP contribution is 2.37. The second-order valence-electron chi connectivity index (χ2n) is 6.87. The van der Waals surface area contributed by atoms with Gasteiger partial charge in [0.1, 0.15) is 15.5 Å². The lowest BCUT2D eigenvalue weighted by atomic mass is 9.85. The molecule has 0 spiro atoms. The van der Waals surface area contributed by atoms with Gasteiger partial charge in [0, 0.05) is 16.6 Å². The van der Waals surface area contributed by atoms with Crippen molar-refractivity contribution >= 4 is 33.0 Å². The molecule has 0 amide bonds. The van der Waals surface area contributed by atoms with Gasteiger partial charge in [-0.15, -0.1) is 11.3 Å². The van der Waals surface area contributed by atoms with E-state index in [0.717, 1.165) is 29.0 Å². The van der Waals surface area contributed by atoms with Crippen molar-refractivity contribution in [1.82, 2.24) is 4.98 Å². The molecule has 2 aromatic heterocycles. The number of nitrogens with two attached hydrogens (primary N) is 1. The van der Waals surface area contributed by atoms with Gasteiger partial charge in [-0.25, -0.2) is 4.98 Å². The Hall–Kier alpha value is -2.40. The van der Waals surface area contributed by atoms with Crippen LogP contribution in [0.1, 0.15) is 46.3 Å². The number of nitrogen functional groups attached to an aromatic ring is 1. The maximum atomic E-state index is 13.0. The summed E-state index contributed by atoms with van der Waals surface area (Å²) in [5.41, 5.74) is 9.96. The first-order valence-corrected chi connectivity index (χ1v) is 9.81. The van der Waals surface area contributed by atoms with Gasteiger partial charge in [0.05, 0.1) is 12.8 Å². The molecule has 0 saturated heterocycles. The Labute approximate surface area is 157 Å². The average molecular weight is 366 g/mol. The number of hydrogen-bond donors (Lipinski definition) is 1. The topological polar surface area (TPSA) is 65.2 Å². The minimum Gasteiger partial charge on any atom is -0.497 e. The van der Waals surface area contributed by atoms with E-state index in [1.165, 1.54) is 35.4 Å². The van der Waals surface area contributed by atoms with Gasteiger partial charge in [-0.1, -0.05) is 25.5 Å². The Bertz CT molecular complexity index is 993. The van der Waals surface area contributed by atoms with Crippen molar-refractivity contribution in [3.8, 4) is 5.75 Å². The van der Waals surface area contributed by atoms with Crippen LogP contribution in [0.15, 0.2) is 30.3 Å². The second-order valence-corrected chi connectivity index (χ2v) is 7.87. The molecule has 1 unspecified atom stereocenters. The Morgan fingerprint density at radius 3 is 3.00 bits per heavy atom. The maximum absolute atomic E-state index is 13.0. The summed E-state index contributed by atoms with van der Waals surface area (Å²) in [7, 11) is 1.59. The summed E-state index contributed by atoms with van der Waals surface area (Å²) < 4.78 is 5.23. The molecule has 5 heteroatoms. The zero-order chi connectivity index (χ0) is 18.3. The maximum Gasteiger partial charge on any atom is 0.205 e. The van der Waals surface area contributed by atoms with Gasteiger partial charge in [0.25, 0.3) is 0 Å². The van der Waals surface area contributed by atoms with Gasteiger partial charge in [-0.2, -0.15) is 0 Å². The molecule has 4 nitrogen and oxygen atoms in total. The monoisotopic (exact) mass is 366 g/mol. The largest absolute Gasteiger partial charge is 0.497 e. The van der Waals surface area contributed by atoms with Gasteiger partial charge in [-0.05, 0) is 48.9 Å². The summed E-state index contributed by atoms with van der Waals surface area (Å²) in [6.45, 7) is 2.24. The van der Waals surface area contributed by atoms with Gasteiger partial charge in [0.15, 0.2) is 0 Å². The Morgan fingerprint density at radius 1 is 1.38 bits per heavy atom. The molecule has 3 aromatic rings. The minimum atomic E-state index is -0.0752. The van der Waals surface area contributed by atoms with Crippen molar-refractivity contribution in [2.24, 2.45) is 5.92 Å². The van der Waals surface area contributed by atoms with Crippen LogP contribution in [0.5, 0.6) is 5.75 Å². The number of benzene rings is 1. The molecule has 0 fully saturated rings. The quantitative estimate of drug-likeness (QED) is 0.684. The van der Waals surface area contributed by atoms with Crippen molar-refractivity contribution in [1.29, 1.82) is 0 Å². The van der Waals surface area contributed by atoms with Crippen molar-refractivity contribution < 1.29 is 9.53 Å². The number of pyridine rings is 1. The Kier molecular flexibility index (Phi) is 4.41. The molecule has 0 saturated carbocycles. The summed E-state index contributed by atoms with van der Waals surface area (Å²) in [4.78, 5) is 19.2. The van der Waals surface area contributed by atoms with E-state index in [-0.39, 0.29) is 5.78 Å². The number of ether oxygens (including phenoxy) is 1. The van der Waals surface area contributed by atoms with E-state index in [1.54, 1.807) is 19.2 Å². The van der Waals surface area contributed by atoms with Crippen molar-refractivity contribution in [3.05, 3.63) is 52.0 Å². The summed E-state index contributed by atoms with van der Waals surface area (Å²) >= 11 is 1.39. The van der Waals surface area contributed by atoms with Gasteiger partial charge < -0.3 is 10.5 Å². The molecule has 2 heterocycles. The highest BCUT2D eigenvalue weighted by atomic mass is 32.1. The number of aromatic nitrogens is 1. The van der Waals surface area contributed by atoms with Crippen LogP contribution in [-0.4, -0.2) is 17.9 Å². The summed E-state index contributed by atoms with van der Waals surface area (Å²) in [5, 5.41) is 0.914. The lowest BCUT2D eigenvalue weighted by molar-refractivity contribution is 0.104. The number of rotatable bonds is 4. The lowest BCUT2D eigenvalue weighted by Crippen LogP contribution is -2.14. The number of carbonyl (C=O) groups is 1. The van der Waals surface area contributed by atoms with Crippen molar-refractivity contribution in [2.45, 2.75) is 32.6 Å². The van der Waals surface area contributed by atoms with Crippen LogP contribution in [0.2, 0.25) is 0 Å². The van der Waals surface area contributed by atoms with Gasteiger partial charge in [-0.3, -0.25) is 4.79 Å². The molecule has 1 aliphatic rings. The Balaban J connectivity index is 1.77. The molecular weight excluding hydrogens is 344 g/mol. The van der Waals surface area contributed by atoms with Crippen LogP contribution in [0.4, 0.5) is 5.69 Å². The fraction of sp³-hybridized carbons (Fsp3) is 0.333. The SMILES string of the molecule is CCC1CCc2nc3sc(C(=O)c4cccc(OC)c4)c(N)c3cc2C1. The van der Waals surface area contributed by atoms with Crippen molar-refractivity contribution in [3.63, 3.8) is 0 Å². The number of hydrogen-bond acceptors (Lipinski definition) is 5. The van der Waals surface area contributed by atoms with E-state index in [4.69, 9.17) is 15.5 Å². The first-order chi connectivity index (χ1) is 12.6. The number of methoxy groups -OCH3 is 1. The van der Waals surface area contributed by atoms with Gasteiger partial charge >= 0.3 is 0 Å². The summed E-state index contributed by atoms with van der Waals surface area (Å²) in [6.07, 6.45) is 4.46. The molecule has 0 radical (unpaired) electrons. The molecule has 4 rings (SSSR count). The minimum absolute atomic E-state index is 0.0752. The number of carbonyl (C=O) groups excluding carboxylic acids is 1. The molecule has 2 N–H and O–H groups in total. The van der Waals surface area contributed by atoms with Crippen LogP contribution in [0.3, 0.4) is 0 Å². The third kappa shape index (κ3) is 2.86. The summed E-state index contributed by atoms with van der Waals surface area (Å²) in [6, 6.07) is 9.34. The van der Waals surface area contributed by atoms with E-state index >= 15 is 0 Å². The highest BCUT2D eigenvalue weighted by molar-refractivity contribution is 7.21. The van der Waals surface area contributed by atoms with Crippen LogP contribution >= 0.6 is 11.3 Å². The fourth-order valence-corrected chi connectivity index (χ4v) is 4.74. The second kappa shape index (κ2) is 6.72. The molecule has 1 aromatic carbocycles. The zero-order valence-corrected chi connectivity index (χ0v) is 15.9. The van der Waals surface area contributed by atoms with E-state index in [0.29, 0.717) is 21.9 Å². The van der Waals surface area contributed by atoms with Crippen LogP contribution < -0.4 is 10.5 Å². The number of ketones is 1. The third-order valence-corrected chi connectivity index (χ3v) is 6.42. The number of anilines is 1. The fourth-order valence-electron chi connectivity index (χ4n) is 3.68. The number of thiophene rings is 1. The van der Waals surface area contributed by atoms with Crippen LogP contribution in [-0.2, 0) is 12.8 Å². The average Bonchev–Trinajstić information content (AvgIpc) is 3.01. The molecule has 0 bridgehead atoms. The highest BCUT2D eigenvalue weighted by Gasteiger charge is 2.23. The van der Waals surface area contributed by atoms with Crippen LogP contribution in [0, 0.1) is 5.92 Å². The standard InChI is InChI=1S/C21H22N2O2S/c1-3-12-7-8-17-14(9-12)11-16-18(22)20(26-21(16)23-17)19(24)13-5-4-6-15(10-13)25-2/h4-6,10-12H,3,7-9,22H2,1-2H3. The predicted molar refractivity (Wildman–Crippen MR) is 106 cm³/mol. The molecule has 1 atom stereocenters. The Morgan fingerprint density at radius 2 is 2.23 bits per heavy atom. The first-order valence-electron chi connectivity index (χ1n) is 9.00. The smallest absolute Gasteiger partial charge is 0.205 e. The number of fused-ring (bicyclic) bond motifs is 2. The molecule has 1 aliphatic carbocycles. The number of aryl methyl sites for hydroxylation is 1. The molecule has 26 heavy (non-hydrogen) atoms. The normalized spacial score (nSPS) is 16.5. The number of nitrogens with zero attached hydrogens (tertiary/aromatic N) is 1. The lowest BCUT2D eigenvalue weighted by Gasteiger charge is -2.22. The molecule has 0 aliphatic heterocycles. The van der Waals surface area contributed by atoms with Crippen LogP contribution in [0.25, 0.3) is 10.2 Å². The first kappa shape index (κ1) is 17.0. The van der Waals surface area contributed by atoms with E-state index in [2.05, 4.69) is 13.0 Å². The molecular formula is C21H22N2O2S. The third-order valence-electron chi connectivity index (χ3n) is 5.30. The van der Waals surface area contributed by atoms with E-state index in [1.807, 2.05) is 12.1 Å². The van der Waals surface area contributed by atoms with Crippen molar-refractivity contribution in [2.75, 3.05) is 12.8 Å². The molecule has 134 valence electrons. The zero-order valence-electron chi connectivity index (χ0n) is 15.0. The van der Waals surface area contributed by atoms with Gasteiger partial charge in [0.2, 0.25) is 5.78 Å². The summed E-state index contributed by atoms with van der Waals surface area (Å²) in [5.74, 6) is 1.31. The predicted octanol–water partition coefficient (Wildman–Crippen LogP) is 4.63. The van der Waals surface area contributed by atoms with E-state index < -0.39 is 0 Å².